The molecule has 0 aromatic heterocycles. The Kier molecular flexibility index (Phi) is 4.16. The van der Waals surface area contributed by atoms with Gasteiger partial charge in [-0.25, -0.2) is 0 Å². The molecule has 2 aliphatic carbocycles. The van der Waals surface area contributed by atoms with E-state index in [1.54, 1.807) is 11.8 Å². The van der Waals surface area contributed by atoms with Gasteiger partial charge < -0.3 is 0 Å². The van der Waals surface area contributed by atoms with Crippen LogP contribution >= 0.6 is 23.4 Å². The molecule has 1 aromatic rings. The summed E-state index contributed by atoms with van der Waals surface area (Å²) in [6.07, 6.45) is 3.41. The second-order valence-corrected chi connectivity index (χ2v) is 10.0. The molecule has 0 radical (unpaired) electrons. The number of Topliss-reactive ketones (excluding diaryl/α,β-unsaturated/α-hetero) is 1. The highest BCUT2D eigenvalue weighted by Gasteiger charge is 2.56. The van der Waals surface area contributed by atoms with Gasteiger partial charge in [-0.2, -0.15) is 0 Å². The van der Waals surface area contributed by atoms with Crippen LogP contribution in [0.4, 0.5) is 0 Å². The van der Waals surface area contributed by atoms with E-state index < -0.39 is 0 Å². The number of carbonyl (C=O) groups excluding carboxylic acids is 1. The highest BCUT2D eigenvalue weighted by Crippen LogP contribution is 2.58. The molecule has 4 heteroatoms. The predicted molar refractivity (Wildman–Crippen MR) is 107 cm³/mol. The summed E-state index contributed by atoms with van der Waals surface area (Å²) in [6, 6.07) is 10.7. The normalized spacial score (nSPS) is 33.8. The fourth-order valence-corrected chi connectivity index (χ4v) is 6.96. The molecule has 2 nitrogen and oxygen atoms in total. The third-order valence-corrected chi connectivity index (χ3v) is 7.67. The zero-order valence-electron chi connectivity index (χ0n) is 15.0. The maximum atomic E-state index is 13.3. The Morgan fingerprint density at radius 3 is 2.64 bits per heavy atom. The number of carbonyl (C=O) groups is 1. The van der Waals surface area contributed by atoms with E-state index in [-0.39, 0.29) is 22.1 Å². The van der Waals surface area contributed by atoms with Crippen molar-refractivity contribution in [1.29, 1.82) is 0 Å². The van der Waals surface area contributed by atoms with Crippen molar-refractivity contribution in [3.05, 3.63) is 47.0 Å². The quantitative estimate of drug-likeness (QED) is 0.684. The van der Waals surface area contributed by atoms with Crippen LogP contribution in [0.1, 0.15) is 52.0 Å². The first kappa shape index (κ1) is 17.4. The number of halogens is 1. The van der Waals surface area contributed by atoms with Crippen LogP contribution in [-0.2, 0) is 10.2 Å². The van der Waals surface area contributed by atoms with Gasteiger partial charge in [-0.1, -0.05) is 80.0 Å². The lowest BCUT2D eigenvalue weighted by molar-refractivity contribution is -0.119. The Morgan fingerprint density at radius 1 is 1.24 bits per heavy atom. The Hall–Kier alpha value is -1.06. The lowest BCUT2D eigenvalue weighted by Gasteiger charge is -2.50. The first-order chi connectivity index (χ1) is 11.9. The van der Waals surface area contributed by atoms with Crippen molar-refractivity contribution < 1.29 is 4.79 Å². The molecule has 0 bridgehead atoms. The lowest BCUT2D eigenvalue weighted by Crippen LogP contribution is -2.51. The van der Waals surface area contributed by atoms with Crippen molar-refractivity contribution in [2.45, 2.75) is 63.2 Å². The molecule has 0 fully saturated rings. The summed E-state index contributed by atoms with van der Waals surface area (Å²) in [4.78, 5) is 18.1. The van der Waals surface area contributed by atoms with Crippen molar-refractivity contribution in [2.24, 2.45) is 10.4 Å². The summed E-state index contributed by atoms with van der Waals surface area (Å²) < 4.78 is 0.648. The summed E-state index contributed by atoms with van der Waals surface area (Å²) in [6.45, 7) is 6.62. The van der Waals surface area contributed by atoms with Gasteiger partial charge in [0.15, 0.2) is 10.3 Å². The van der Waals surface area contributed by atoms with Crippen LogP contribution in [0.5, 0.6) is 0 Å². The highest BCUT2D eigenvalue weighted by atomic mass is 35.5. The molecule has 0 saturated heterocycles. The molecule has 0 amide bonds. The van der Waals surface area contributed by atoms with Gasteiger partial charge in [0.2, 0.25) is 0 Å². The number of hydrogen-bond acceptors (Lipinski definition) is 3. The number of benzene rings is 1. The third kappa shape index (κ3) is 2.62. The van der Waals surface area contributed by atoms with Crippen LogP contribution in [0.2, 0.25) is 0 Å². The van der Waals surface area contributed by atoms with E-state index in [4.69, 9.17) is 16.6 Å². The zero-order chi connectivity index (χ0) is 17.8. The summed E-state index contributed by atoms with van der Waals surface area (Å²) in [5.41, 5.74) is 3.40. The van der Waals surface area contributed by atoms with Gasteiger partial charge in [0.05, 0.1) is 6.04 Å². The minimum atomic E-state index is -0.280. The number of aliphatic imine (C=N–C) groups is 1. The molecule has 3 aliphatic rings. The van der Waals surface area contributed by atoms with Gasteiger partial charge in [-0.05, 0) is 30.2 Å². The highest BCUT2D eigenvalue weighted by molar-refractivity contribution is 8.17. The van der Waals surface area contributed by atoms with Gasteiger partial charge in [-0.3, -0.25) is 9.79 Å². The number of fused-ring (bicyclic) bond motifs is 1. The average molecular weight is 374 g/mol. The second-order valence-electron chi connectivity index (χ2n) is 8.30. The average Bonchev–Trinajstić information content (AvgIpc) is 2.92. The van der Waals surface area contributed by atoms with Gasteiger partial charge in [0, 0.05) is 22.7 Å². The van der Waals surface area contributed by atoms with Crippen molar-refractivity contribution >= 4 is 33.6 Å². The van der Waals surface area contributed by atoms with Crippen molar-refractivity contribution in [3.63, 3.8) is 0 Å². The molecule has 0 saturated carbocycles. The fourth-order valence-electron chi connectivity index (χ4n) is 5.20. The van der Waals surface area contributed by atoms with E-state index in [0.717, 1.165) is 24.8 Å². The van der Waals surface area contributed by atoms with Crippen molar-refractivity contribution in [1.82, 2.24) is 0 Å². The predicted octanol–water partition coefficient (Wildman–Crippen LogP) is 5.50. The number of allylic oxidation sites excluding steroid dienone is 1. The number of rotatable bonds is 2. The number of nitrogens with zero attached hydrogens (tertiary/aromatic N) is 1. The summed E-state index contributed by atoms with van der Waals surface area (Å²) >= 11 is 8.02. The maximum absolute atomic E-state index is 13.3. The van der Waals surface area contributed by atoms with Gasteiger partial charge >= 0.3 is 0 Å². The first-order valence-electron chi connectivity index (χ1n) is 9.08. The standard InChI is InChI=1S/C21H24ClNOS/c1-4-21(14-8-6-5-7-9-14)17-13(11-20(2,3)12-16(17)24)10-15-18(21)25-19(22)23-15/h5-9,15,18H,4,10-12H2,1-3H3. The smallest absolute Gasteiger partial charge is 0.160 e. The maximum Gasteiger partial charge on any atom is 0.160 e. The minimum Gasteiger partial charge on any atom is -0.294 e. The SMILES string of the molecule is CCC1(c2ccccc2)C2=C(CC3N=C(Cl)SC31)CC(C)(C)CC2=O. The molecule has 1 aliphatic heterocycles. The van der Waals surface area contributed by atoms with E-state index in [2.05, 4.69) is 45.0 Å². The molecule has 0 spiro atoms. The molecule has 25 heavy (non-hydrogen) atoms. The summed E-state index contributed by atoms with van der Waals surface area (Å²) in [7, 11) is 0. The fraction of sp³-hybridized carbons (Fsp3) is 0.524. The lowest BCUT2D eigenvalue weighted by atomic mass is 9.56. The van der Waals surface area contributed by atoms with Crippen LogP contribution in [0.25, 0.3) is 0 Å². The first-order valence-corrected chi connectivity index (χ1v) is 10.3. The van der Waals surface area contributed by atoms with Gasteiger partial charge in [-0.15, -0.1) is 0 Å². The number of ketones is 1. The van der Waals surface area contributed by atoms with E-state index in [1.807, 2.05) is 6.07 Å². The van der Waals surface area contributed by atoms with Crippen LogP contribution in [0.15, 0.2) is 46.5 Å². The van der Waals surface area contributed by atoms with Crippen LogP contribution in [-0.4, -0.2) is 21.6 Å². The van der Waals surface area contributed by atoms with E-state index in [1.165, 1.54) is 11.1 Å². The molecule has 3 unspecified atom stereocenters. The topological polar surface area (TPSA) is 29.4 Å². The molecule has 1 aromatic carbocycles. The monoisotopic (exact) mass is 373 g/mol. The minimum absolute atomic E-state index is 0.0399. The molecular formula is C21H24ClNOS. The van der Waals surface area contributed by atoms with Gasteiger partial charge in [0.1, 0.15) is 0 Å². The van der Waals surface area contributed by atoms with E-state index >= 15 is 0 Å². The second kappa shape index (κ2) is 5.99. The van der Waals surface area contributed by atoms with Crippen molar-refractivity contribution in [2.75, 3.05) is 0 Å². The largest absolute Gasteiger partial charge is 0.294 e. The van der Waals surface area contributed by atoms with E-state index in [0.29, 0.717) is 16.7 Å². The van der Waals surface area contributed by atoms with Gasteiger partial charge in [0.25, 0.3) is 0 Å². The number of hydrogen-bond donors (Lipinski definition) is 0. The number of thioether (sulfide) groups is 1. The Balaban J connectivity index is 1.96. The Labute approximate surface area is 159 Å². The van der Waals surface area contributed by atoms with Crippen LogP contribution < -0.4 is 0 Å². The van der Waals surface area contributed by atoms with Crippen LogP contribution in [0, 0.1) is 5.41 Å². The third-order valence-electron chi connectivity index (χ3n) is 6.04. The summed E-state index contributed by atoms with van der Waals surface area (Å²) in [5, 5.41) is 0.219. The Bertz CT molecular complexity index is 782. The van der Waals surface area contributed by atoms with Crippen LogP contribution in [0.3, 0.4) is 0 Å². The molecule has 132 valence electrons. The van der Waals surface area contributed by atoms with E-state index in [9.17, 15) is 4.79 Å². The van der Waals surface area contributed by atoms with Crippen molar-refractivity contribution in [3.8, 4) is 0 Å². The zero-order valence-corrected chi connectivity index (χ0v) is 16.6. The summed E-state index contributed by atoms with van der Waals surface area (Å²) in [5.74, 6) is 0.332. The molecule has 4 rings (SSSR count). The molecule has 3 atom stereocenters. The molecule has 1 heterocycles. The molecular weight excluding hydrogens is 350 g/mol. The molecule has 0 N–H and O–H groups in total. The Morgan fingerprint density at radius 2 is 1.96 bits per heavy atom.